The Labute approximate surface area is 422 Å². The van der Waals surface area contributed by atoms with Crippen molar-refractivity contribution in [3.8, 4) is 11.5 Å². The summed E-state index contributed by atoms with van der Waals surface area (Å²) in [4.78, 5) is 44.9. The predicted molar refractivity (Wildman–Crippen MR) is 278 cm³/mol. The fourth-order valence-electron chi connectivity index (χ4n) is 10.00. The molecule has 13 heteroatoms. The maximum atomic E-state index is 14.6. The molecule has 0 aliphatic carbocycles. The molecule has 1 aliphatic rings. The third-order valence-corrected chi connectivity index (χ3v) is 12.9. The van der Waals surface area contributed by atoms with E-state index >= 15 is 0 Å². The average Bonchev–Trinajstić information content (AvgIpc) is 3.39. The lowest BCUT2D eigenvalue weighted by Gasteiger charge is -2.54. The largest absolute Gasteiger partial charge is 0.493 e. The summed E-state index contributed by atoms with van der Waals surface area (Å²) < 4.78 is 23.3. The number of rotatable bonds is 23. The van der Waals surface area contributed by atoms with E-state index in [-0.39, 0.29) is 49.7 Å². The first-order valence-electron chi connectivity index (χ1n) is 24.3. The highest BCUT2D eigenvalue weighted by Crippen LogP contribution is 2.47. The Morgan fingerprint density at radius 1 is 0.708 bits per heavy atom. The number of non-ortho nitro benzene ring substituents is 1. The Hall–Kier alpha value is -7.58. The summed E-state index contributed by atoms with van der Waals surface area (Å²) in [6.07, 6.45) is -1.03. The molecule has 0 aromatic heterocycles. The molecule has 2 atom stereocenters. The Morgan fingerprint density at radius 3 is 1.75 bits per heavy atom. The topological polar surface area (TPSA) is 153 Å². The van der Waals surface area contributed by atoms with Crippen molar-refractivity contribution >= 4 is 17.6 Å². The van der Waals surface area contributed by atoms with E-state index in [1.165, 1.54) is 12.1 Å². The SMILES string of the molecule is CCOC(=O)C1=C(C)NC(CN(Cc2ccccc2)CC(C)(C)N(CC(O)COc2ccccc2OC)C(c2ccccc2)(c2ccccc2)c2ccccc2)=C(C(=O)OCC)C1c1cccc([N+](=O)[O-])c1. The summed E-state index contributed by atoms with van der Waals surface area (Å²) in [5, 5.41) is 28.1. The second-order valence-electron chi connectivity index (χ2n) is 18.3. The Morgan fingerprint density at radius 2 is 1.22 bits per heavy atom. The number of hydrogen-bond donors (Lipinski definition) is 2. The number of hydrogen-bond acceptors (Lipinski definition) is 12. The van der Waals surface area contributed by atoms with E-state index in [4.69, 9.17) is 18.9 Å². The van der Waals surface area contributed by atoms with E-state index in [9.17, 15) is 24.8 Å². The molecule has 0 fully saturated rings. The van der Waals surface area contributed by atoms with Crippen LogP contribution >= 0.6 is 0 Å². The van der Waals surface area contributed by atoms with Crippen LogP contribution in [0.15, 0.2) is 192 Å². The van der Waals surface area contributed by atoms with Crippen LogP contribution < -0.4 is 14.8 Å². The van der Waals surface area contributed by atoms with Gasteiger partial charge < -0.3 is 29.4 Å². The van der Waals surface area contributed by atoms with Crippen LogP contribution in [-0.2, 0) is 31.1 Å². The number of dihydropyridines is 1. The van der Waals surface area contributed by atoms with Crippen molar-refractivity contribution in [3.05, 3.63) is 230 Å². The lowest BCUT2D eigenvalue weighted by molar-refractivity contribution is -0.384. The van der Waals surface area contributed by atoms with Gasteiger partial charge in [-0.15, -0.1) is 0 Å². The Balaban J connectivity index is 1.43. The molecule has 7 rings (SSSR count). The zero-order chi connectivity index (χ0) is 51.3. The lowest BCUT2D eigenvalue weighted by atomic mass is 9.73. The van der Waals surface area contributed by atoms with Gasteiger partial charge in [0.1, 0.15) is 12.7 Å². The molecular weight excluding hydrogens is 909 g/mol. The first-order valence-corrected chi connectivity index (χ1v) is 24.3. The minimum Gasteiger partial charge on any atom is -0.493 e. The number of esters is 2. The van der Waals surface area contributed by atoms with E-state index in [1.807, 2.05) is 109 Å². The molecule has 2 N–H and O–H groups in total. The number of nitro benzene ring substituents is 1. The third kappa shape index (κ3) is 11.8. The monoisotopic (exact) mass is 972 g/mol. The number of nitrogens with one attached hydrogen (secondary N) is 1. The van der Waals surface area contributed by atoms with Gasteiger partial charge in [-0.25, -0.2) is 9.59 Å². The molecule has 6 aromatic rings. The van der Waals surface area contributed by atoms with Gasteiger partial charge in [0, 0.05) is 55.2 Å². The molecule has 6 aromatic carbocycles. The highest BCUT2D eigenvalue weighted by molar-refractivity contribution is 6.00. The molecular formula is C59H64N4O9. The number of allylic oxidation sites excluding steroid dienone is 1. The van der Waals surface area contributed by atoms with Crippen LogP contribution in [0.1, 0.15) is 68.4 Å². The third-order valence-electron chi connectivity index (χ3n) is 12.9. The standard InChI is InChI=1S/C59H64N4O9/c1-7-70-56(65)53-42(3)60-50(55(57(66)71-8-2)54(53)44-26-23-33-48(36-44)63(67)68)39-61(37-43-24-13-9-14-25-43)41-58(4,5)62(38-49(64)40-72-52-35-22-21-34-51(52)69-6)59(45-27-15-10-16-28-45,46-29-17-11-18-30-46)47-31-19-12-20-32-47/h9-36,49,54,60,64H,7-8,37-41H2,1-6H3. The minimum atomic E-state index is -1.08. The maximum absolute atomic E-state index is 14.6. The van der Waals surface area contributed by atoms with E-state index in [0.717, 1.165) is 22.3 Å². The Kier molecular flexibility index (Phi) is 17.4. The van der Waals surface area contributed by atoms with Crippen LogP contribution in [0, 0.1) is 10.1 Å². The highest BCUT2D eigenvalue weighted by Gasteiger charge is 2.49. The first kappa shape index (κ1) is 52.2. The minimum absolute atomic E-state index is 0.0358. The van der Waals surface area contributed by atoms with Crippen molar-refractivity contribution in [2.75, 3.05) is 46.6 Å². The number of benzene rings is 6. The average molecular weight is 973 g/mol. The molecule has 374 valence electrons. The van der Waals surface area contributed by atoms with Crippen molar-refractivity contribution in [2.45, 2.75) is 64.3 Å². The van der Waals surface area contributed by atoms with Gasteiger partial charge in [0.05, 0.1) is 47.8 Å². The van der Waals surface area contributed by atoms with E-state index in [0.29, 0.717) is 41.5 Å². The number of β-amino-alcohol motifs (C(OH)–C–C–N with tert-alkyl or cyclic N) is 1. The van der Waals surface area contributed by atoms with Crippen LogP contribution in [0.3, 0.4) is 0 Å². The second-order valence-corrected chi connectivity index (χ2v) is 18.3. The molecule has 0 amide bonds. The quantitative estimate of drug-likeness (QED) is 0.0272. The van der Waals surface area contributed by atoms with Crippen LogP contribution in [-0.4, -0.2) is 90.0 Å². The number of para-hydroxylation sites is 2. The van der Waals surface area contributed by atoms with E-state index in [1.54, 1.807) is 40.0 Å². The van der Waals surface area contributed by atoms with Crippen LogP contribution in [0.25, 0.3) is 0 Å². The summed E-state index contributed by atoms with van der Waals surface area (Å²) in [5.74, 6) is -1.37. The number of aliphatic hydroxyl groups is 1. The molecule has 0 saturated carbocycles. The molecule has 0 bridgehead atoms. The van der Waals surface area contributed by atoms with Crippen LogP contribution in [0.4, 0.5) is 5.69 Å². The fraction of sp³-hybridized carbons (Fsp3) is 0.288. The van der Waals surface area contributed by atoms with Crippen LogP contribution in [0.5, 0.6) is 11.5 Å². The number of carbonyl (C=O) groups excluding carboxylic acids is 2. The fourth-order valence-corrected chi connectivity index (χ4v) is 10.00. The number of aliphatic hydroxyl groups excluding tert-OH is 1. The molecule has 0 spiro atoms. The zero-order valence-corrected chi connectivity index (χ0v) is 41.8. The molecule has 1 heterocycles. The summed E-state index contributed by atoms with van der Waals surface area (Å²) in [6, 6.07) is 54.2. The van der Waals surface area contributed by atoms with Gasteiger partial charge >= 0.3 is 11.9 Å². The number of nitro groups is 1. The van der Waals surface area contributed by atoms with Crippen molar-refractivity contribution in [1.82, 2.24) is 15.1 Å². The lowest BCUT2D eigenvalue weighted by Crippen LogP contribution is -2.63. The van der Waals surface area contributed by atoms with Crippen molar-refractivity contribution < 1.29 is 38.6 Å². The molecule has 0 radical (unpaired) electrons. The van der Waals surface area contributed by atoms with E-state index < -0.39 is 40.0 Å². The summed E-state index contributed by atoms with van der Waals surface area (Å²) in [7, 11) is 1.58. The van der Waals surface area contributed by atoms with Gasteiger partial charge in [0.2, 0.25) is 0 Å². The summed E-state index contributed by atoms with van der Waals surface area (Å²) in [5.41, 5.74) is 3.36. The normalized spacial score (nSPS) is 14.4. The molecule has 2 unspecified atom stereocenters. The molecule has 72 heavy (non-hydrogen) atoms. The zero-order valence-electron chi connectivity index (χ0n) is 41.8. The van der Waals surface area contributed by atoms with Gasteiger partial charge in [-0.05, 0) is 74.6 Å². The number of methoxy groups -OCH3 is 1. The van der Waals surface area contributed by atoms with Crippen LogP contribution in [0.2, 0.25) is 0 Å². The number of nitrogens with zero attached hydrogens (tertiary/aromatic N) is 3. The van der Waals surface area contributed by atoms with Crippen molar-refractivity contribution in [2.24, 2.45) is 0 Å². The van der Waals surface area contributed by atoms with Gasteiger partial charge in [0.15, 0.2) is 11.5 Å². The smallest absolute Gasteiger partial charge is 0.336 e. The number of carbonyl (C=O) groups is 2. The first-order chi connectivity index (χ1) is 34.8. The highest BCUT2D eigenvalue weighted by atomic mass is 16.6. The van der Waals surface area contributed by atoms with Gasteiger partial charge in [-0.1, -0.05) is 146 Å². The maximum Gasteiger partial charge on any atom is 0.336 e. The summed E-state index contributed by atoms with van der Waals surface area (Å²) >= 11 is 0. The predicted octanol–water partition coefficient (Wildman–Crippen LogP) is 9.96. The summed E-state index contributed by atoms with van der Waals surface area (Å²) in [6.45, 7) is 10.5. The van der Waals surface area contributed by atoms with Gasteiger partial charge in [0.25, 0.3) is 5.69 Å². The van der Waals surface area contributed by atoms with E-state index in [2.05, 4.69) is 65.4 Å². The molecule has 13 nitrogen and oxygen atoms in total. The Bertz CT molecular complexity index is 2740. The van der Waals surface area contributed by atoms with Crippen molar-refractivity contribution in [3.63, 3.8) is 0 Å². The molecule has 1 aliphatic heterocycles. The van der Waals surface area contributed by atoms with Crippen molar-refractivity contribution in [1.29, 1.82) is 0 Å². The molecule has 0 saturated heterocycles. The van der Waals surface area contributed by atoms with Gasteiger partial charge in [-0.2, -0.15) is 0 Å². The second kappa shape index (κ2) is 24.0. The van der Waals surface area contributed by atoms with Gasteiger partial charge in [-0.3, -0.25) is 19.9 Å². The number of ether oxygens (including phenoxy) is 4.